The number of rotatable bonds is 8. The van der Waals surface area contributed by atoms with E-state index in [1.807, 2.05) is 71.6 Å². The number of hydrogen-bond donors (Lipinski definition) is 2. The molecule has 2 N–H and O–H groups in total. The number of esters is 1. The molecule has 0 fully saturated rings. The van der Waals surface area contributed by atoms with Gasteiger partial charge in [0, 0.05) is 34.5 Å². The third-order valence-electron chi connectivity index (χ3n) is 5.37. The fourth-order valence-electron chi connectivity index (χ4n) is 3.68. The number of thiophene rings is 1. The monoisotopic (exact) mass is 487 g/mol. The summed E-state index contributed by atoms with van der Waals surface area (Å²) in [6, 6.07) is 20.4. The second-order valence-corrected chi connectivity index (χ2v) is 9.49. The van der Waals surface area contributed by atoms with Gasteiger partial charge >= 0.3 is 5.97 Å². The highest BCUT2D eigenvalue weighted by Crippen LogP contribution is 2.24. The highest BCUT2D eigenvalue weighted by molar-refractivity contribution is 7.13. The molecule has 0 spiro atoms. The van der Waals surface area contributed by atoms with Gasteiger partial charge in [-0.15, -0.1) is 22.7 Å². The van der Waals surface area contributed by atoms with Crippen molar-refractivity contribution < 1.29 is 14.3 Å². The Morgan fingerprint density at radius 2 is 1.82 bits per heavy atom. The van der Waals surface area contributed by atoms with Gasteiger partial charge in [0.1, 0.15) is 17.7 Å². The maximum Gasteiger partial charge on any atom is 0.329 e. The number of aromatic amines is 1. The number of carbonyl (C=O) groups excluding carboxylic acids is 2. The largest absolute Gasteiger partial charge is 0.458 e. The third kappa shape index (κ3) is 4.93. The molecule has 5 aromatic rings. The molecule has 8 heteroatoms. The Bertz CT molecular complexity index is 1410. The summed E-state index contributed by atoms with van der Waals surface area (Å²) in [4.78, 5) is 34.2. The van der Waals surface area contributed by atoms with Gasteiger partial charge in [0.2, 0.25) is 0 Å². The van der Waals surface area contributed by atoms with Crippen molar-refractivity contribution in [3.63, 3.8) is 0 Å². The van der Waals surface area contributed by atoms with Crippen LogP contribution in [0.4, 0.5) is 0 Å². The van der Waals surface area contributed by atoms with Crippen molar-refractivity contribution in [1.82, 2.24) is 15.3 Å². The van der Waals surface area contributed by atoms with Gasteiger partial charge in [0.05, 0.1) is 10.6 Å². The van der Waals surface area contributed by atoms with E-state index in [1.165, 1.54) is 22.7 Å². The lowest BCUT2D eigenvalue weighted by molar-refractivity contribution is -0.147. The molecule has 0 aliphatic rings. The summed E-state index contributed by atoms with van der Waals surface area (Å²) in [6.45, 7) is 0.0431. The molecule has 0 aliphatic heterocycles. The van der Waals surface area contributed by atoms with Crippen molar-refractivity contribution in [2.45, 2.75) is 19.1 Å². The predicted octanol–water partition coefficient (Wildman–Crippen LogP) is 5.44. The number of nitrogens with zero attached hydrogens (tertiary/aromatic N) is 1. The van der Waals surface area contributed by atoms with E-state index in [0.717, 1.165) is 27.0 Å². The molecular formula is C26H21N3O3S2. The van der Waals surface area contributed by atoms with Crippen LogP contribution in [0.25, 0.3) is 21.5 Å². The summed E-state index contributed by atoms with van der Waals surface area (Å²) >= 11 is 2.83. The van der Waals surface area contributed by atoms with E-state index in [-0.39, 0.29) is 12.5 Å². The number of fused-ring (bicyclic) bond motifs is 1. The number of para-hydroxylation sites is 1. The van der Waals surface area contributed by atoms with Crippen molar-refractivity contribution in [2.24, 2.45) is 0 Å². The van der Waals surface area contributed by atoms with Gasteiger partial charge in [-0.05, 0) is 23.1 Å². The zero-order valence-electron chi connectivity index (χ0n) is 18.1. The molecule has 2 aromatic carbocycles. The van der Waals surface area contributed by atoms with E-state index in [9.17, 15) is 9.59 Å². The van der Waals surface area contributed by atoms with Crippen LogP contribution >= 0.6 is 22.7 Å². The zero-order valence-corrected chi connectivity index (χ0v) is 19.7. The minimum atomic E-state index is -0.832. The number of H-pyrrole nitrogens is 1. The molecule has 0 saturated heterocycles. The molecule has 170 valence electrons. The zero-order chi connectivity index (χ0) is 23.3. The first-order valence-corrected chi connectivity index (χ1v) is 12.5. The summed E-state index contributed by atoms with van der Waals surface area (Å²) < 4.78 is 5.60. The second-order valence-electron chi connectivity index (χ2n) is 7.68. The highest BCUT2D eigenvalue weighted by Gasteiger charge is 2.25. The molecule has 0 bridgehead atoms. The maximum atomic E-state index is 13.1. The van der Waals surface area contributed by atoms with Crippen LogP contribution in [0.3, 0.4) is 0 Å². The lowest BCUT2D eigenvalue weighted by Gasteiger charge is -2.17. The first-order valence-electron chi connectivity index (χ1n) is 10.7. The number of nitrogens with one attached hydrogen (secondary N) is 2. The Labute approximate surface area is 204 Å². The van der Waals surface area contributed by atoms with Crippen LogP contribution in [0.2, 0.25) is 0 Å². The Balaban J connectivity index is 1.31. The van der Waals surface area contributed by atoms with E-state index in [4.69, 9.17) is 4.74 Å². The fourth-order valence-corrected chi connectivity index (χ4v) is 5.12. The van der Waals surface area contributed by atoms with Crippen LogP contribution in [-0.2, 0) is 22.6 Å². The lowest BCUT2D eigenvalue weighted by Crippen LogP contribution is -2.43. The molecule has 1 atom stereocenters. The Morgan fingerprint density at radius 3 is 2.65 bits per heavy atom. The Morgan fingerprint density at radius 1 is 1.00 bits per heavy atom. The first-order chi connectivity index (χ1) is 16.7. The molecule has 6 nitrogen and oxygen atoms in total. The van der Waals surface area contributed by atoms with Crippen molar-refractivity contribution in [3.05, 3.63) is 99.8 Å². The van der Waals surface area contributed by atoms with Crippen LogP contribution in [0, 0.1) is 0 Å². The Hall–Kier alpha value is -3.75. The van der Waals surface area contributed by atoms with Crippen LogP contribution in [0.5, 0.6) is 0 Å². The van der Waals surface area contributed by atoms with Gasteiger partial charge < -0.3 is 15.0 Å². The van der Waals surface area contributed by atoms with Gasteiger partial charge in [0.25, 0.3) is 5.91 Å². The molecule has 3 aromatic heterocycles. The van der Waals surface area contributed by atoms with E-state index < -0.39 is 12.0 Å². The molecule has 3 heterocycles. The van der Waals surface area contributed by atoms with E-state index in [2.05, 4.69) is 15.3 Å². The molecule has 0 radical (unpaired) electrons. The number of thiazole rings is 1. The second kappa shape index (κ2) is 10.0. The smallest absolute Gasteiger partial charge is 0.329 e. The standard InChI is InChI=1S/C26H21N3O3S2/c30-24(23-11-6-12-33-23)29-22(13-18-14-27-21-10-5-4-9-20(18)21)26(31)32-15-19-16-34-25(28-19)17-7-2-1-3-8-17/h1-12,14,16,22,27H,13,15H2,(H,29,30). The number of aromatic nitrogens is 2. The lowest BCUT2D eigenvalue weighted by atomic mass is 10.0. The summed E-state index contributed by atoms with van der Waals surface area (Å²) in [6.07, 6.45) is 2.18. The normalized spacial score (nSPS) is 11.9. The number of hydrogen-bond acceptors (Lipinski definition) is 6. The average molecular weight is 488 g/mol. The fraction of sp³-hybridized carbons (Fsp3) is 0.115. The van der Waals surface area contributed by atoms with Crippen LogP contribution in [-0.4, -0.2) is 27.9 Å². The van der Waals surface area contributed by atoms with Crippen molar-refractivity contribution in [1.29, 1.82) is 0 Å². The maximum absolute atomic E-state index is 13.1. The van der Waals surface area contributed by atoms with Crippen molar-refractivity contribution in [3.8, 4) is 10.6 Å². The van der Waals surface area contributed by atoms with Gasteiger partial charge in [-0.2, -0.15) is 0 Å². The van der Waals surface area contributed by atoms with Gasteiger partial charge in [-0.1, -0.05) is 54.6 Å². The van der Waals surface area contributed by atoms with Crippen LogP contribution in [0.1, 0.15) is 20.9 Å². The number of ether oxygens (including phenoxy) is 1. The average Bonchev–Trinajstić information content (AvgIpc) is 3.64. The van der Waals surface area contributed by atoms with Gasteiger partial charge in [0.15, 0.2) is 0 Å². The van der Waals surface area contributed by atoms with Crippen molar-refractivity contribution >= 4 is 45.5 Å². The van der Waals surface area contributed by atoms with Gasteiger partial charge in [-0.3, -0.25) is 4.79 Å². The molecular weight excluding hydrogens is 466 g/mol. The minimum absolute atomic E-state index is 0.0431. The van der Waals surface area contributed by atoms with E-state index >= 15 is 0 Å². The molecule has 5 rings (SSSR count). The summed E-state index contributed by atoms with van der Waals surface area (Å²) in [5.41, 5.74) is 3.60. The summed E-state index contributed by atoms with van der Waals surface area (Å²) in [5, 5.41) is 8.45. The first kappa shape index (κ1) is 22.1. The quantitative estimate of drug-likeness (QED) is 0.286. The molecule has 34 heavy (non-hydrogen) atoms. The molecule has 1 unspecified atom stereocenters. The van der Waals surface area contributed by atoms with Crippen molar-refractivity contribution in [2.75, 3.05) is 0 Å². The minimum Gasteiger partial charge on any atom is -0.458 e. The number of amides is 1. The van der Waals surface area contributed by atoms with E-state index in [1.54, 1.807) is 12.1 Å². The highest BCUT2D eigenvalue weighted by atomic mass is 32.1. The van der Waals surface area contributed by atoms with Crippen LogP contribution < -0.4 is 5.32 Å². The molecule has 0 saturated carbocycles. The molecule has 0 aliphatic carbocycles. The number of carbonyl (C=O) groups is 2. The number of benzene rings is 2. The van der Waals surface area contributed by atoms with Crippen LogP contribution in [0.15, 0.2) is 83.7 Å². The summed E-state index contributed by atoms with van der Waals surface area (Å²) in [7, 11) is 0. The third-order valence-corrected chi connectivity index (χ3v) is 7.18. The van der Waals surface area contributed by atoms with E-state index in [0.29, 0.717) is 17.0 Å². The summed E-state index contributed by atoms with van der Waals surface area (Å²) in [5.74, 6) is -0.790. The topological polar surface area (TPSA) is 84.1 Å². The predicted molar refractivity (Wildman–Crippen MR) is 135 cm³/mol. The SMILES string of the molecule is O=C(NC(Cc1c[nH]c2ccccc12)C(=O)OCc1csc(-c2ccccc2)n1)c1cccs1. The molecule has 1 amide bonds. The van der Waals surface area contributed by atoms with Gasteiger partial charge in [-0.25, -0.2) is 9.78 Å². The Kier molecular flexibility index (Phi) is 6.51.